The summed E-state index contributed by atoms with van der Waals surface area (Å²) in [7, 11) is 1.90. The maximum atomic E-state index is 4.43. The van der Waals surface area contributed by atoms with Gasteiger partial charge in [-0.1, -0.05) is 13.8 Å². The Morgan fingerprint density at radius 3 is 2.50 bits per heavy atom. The van der Waals surface area contributed by atoms with Crippen molar-refractivity contribution in [3.63, 3.8) is 0 Å². The zero-order valence-corrected chi connectivity index (χ0v) is 15.6. The largest absolute Gasteiger partial charge is 0.355 e. The second-order valence-corrected chi connectivity index (χ2v) is 6.31. The van der Waals surface area contributed by atoms with Crippen LogP contribution in [0.3, 0.4) is 0 Å². The van der Waals surface area contributed by atoms with Crippen LogP contribution in [0.25, 0.3) is 0 Å². The number of guanidine groups is 1. The Balaban J connectivity index is 0.00000200. The molecule has 0 unspecified atom stereocenters. The number of nitrogens with zero attached hydrogens (tertiary/aromatic N) is 3. The first kappa shape index (κ1) is 18.0. The molecule has 0 amide bonds. The van der Waals surface area contributed by atoms with Crippen LogP contribution in [0.2, 0.25) is 0 Å². The van der Waals surface area contributed by atoms with Crippen molar-refractivity contribution >= 4 is 29.9 Å². The van der Waals surface area contributed by atoms with Crippen LogP contribution in [-0.2, 0) is 0 Å². The predicted octanol–water partition coefficient (Wildman–Crippen LogP) is 2.40. The first-order valence-corrected chi connectivity index (χ1v) is 7.90. The quantitative estimate of drug-likeness (QED) is 0.451. The van der Waals surface area contributed by atoms with E-state index >= 15 is 0 Å². The molecule has 0 aliphatic carbocycles. The third-order valence-corrected chi connectivity index (χ3v) is 4.21. The summed E-state index contributed by atoms with van der Waals surface area (Å²) in [4.78, 5) is 9.47. The minimum Gasteiger partial charge on any atom is -0.355 e. The summed E-state index contributed by atoms with van der Waals surface area (Å²) in [6.45, 7) is 10.5. The summed E-state index contributed by atoms with van der Waals surface area (Å²) in [5, 5.41) is 3.59. The lowest BCUT2D eigenvalue weighted by Gasteiger charge is -2.28. The average molecular weight is 394 g/mol. The summed E-state index contributed by atoms with van der Waals surface area (Å²) in [5.74, 6) is 1.87. The van der Waals surface area contributed by atoms with E-state index in [1.807, 2.05) is 7.05 Å². The van der Waals surface area contributed by atoms with Crippen LogP contribution < -0.4 is 5.32 Å². The first-order valence-electron chi connectivity index (χ1n) is 7.90. The van der Waals surface area contributed by atoms with Crippen molar-refractivity contribution in [2.24, 2.45) is 10.9 Å². The highest BCUT2D eigenvalue weighted by atomic mass is 127. The maximum absolute atomic E-state index is 4.43. The van der Waals surface area contributed by atoms with Gasteiger partial charge in [0.05, 0.1) is 0 Å². The second-order valence-electron chi connectivity index (χ2n) is 6.31. The van der Waals surface area contributed by atoms with E-state index in [9.17, 15) is 0 Å². The predicted molar refractivity (Wildman–Crippen MR) is 97.0 cm³/mol. The molecule has 1 N–H and O–H groups in total. The highest BCUT2D eigenvalue weighted by molar-refractivity contribution is 14.0. The molecular formula is C15H31IN4. The molecule has 4 nitrogen and oxygen atoms in total. The van der Waals surface area contributed by atoms with Crippen molar-refractivity contribution in [2.45, 2.75) is 45.6 Å². The number of halogens is 1. The van der Waals surface area contributed by atoms with Crippen LogP contribution in [0.15, 0.2) is 4.99 Å². The summed E-state index contributed by atoms with van der Waals surface area (Å²) >= 11 is 0. The van der Waals surface area contributed by atoms with Crippen LogP contribution in [0.1, 0.15) is 39.5 Å². The lowest BCUT2D eigenvalue weighted by Crippen LogP contribution is -2.46. The fraction of sp³-hybridized carbons (Fsp3) is 0.933. The van der Waals surface area contributed by atoms with E-state index in [2.05, 4.69) is 34.0 Å². The van der Waals surface area contributed by atoms with Gasteiger partial charge in [0.25, 0.3) is 0 Å². The van der Waals surface area contributed by atoms with E-state index < -0.39 is 0 Å². The number of hydrogen-bond acceptors (Lipinski definition) is 2. The van der Waals surface area contributed by atoms with Gasteiger partial charge in [0, 0.05) is 39.3 Å². The minimum atomic E-state index is 0. The molecule has 0 aromatic rings. The van der Waals surface area contributed by atoms with Gasteiger partial charge in [-0.15, -0.1) is 24.0 Å². The van der Waals surface area contributed by atoms with Gasteiger partial charge in [-0.3, -0.25) is 9.89 Å². The van der Waals surface area contributed by atoms with E-state index in [1.165, 1.54) is 51.9 Å². The number of hydrogen-bond donors (Lipinski definition) is 1. The molecule has 2 heterocycles. The number of nitrogens with one attached hydrogen (secondary N) is 1. The van der Waals surface area contributed by atoms with E-state index in [1.54, 1.807) is 0 Å². The molecule has 0 spiro atoms. The van der Waals surface area contributed by atoms with Crippen molar-refractivity contribution in [3.05, 3.63) is 0 Å². The van der Waals surface area contributed by atoms with Gasteiger partial charge in [0.2, 0.25) is 0 Å². The van der Waals surface area contributed by atoms with Crippen LogP contribution in [0, 0.1) is 5.92 Å². The molecule has 0 aromatic heterocycles. The molecular weight excluding hydrogens is 363 g/mol. The van der Waals surface area contributed by atoms with Gasteiger partial charge >= 0.3 is 0 Å². The molecule has 0 bridgehead atoms. The van der Waals surface area contributed by atoms with E-state index in [0.717, 1.165) is 18.4 Å². The van der Waals surface area contributed by atoms with Crippen molar-refractivity contribution in [1.29, 1.82) is 0 Å². The molecule has 0 aromatic carbocycles. The first-order chi connectivity index (χ1) is 9.20. The molecule has 20 heavy (non-hydrogen) atoms. The van der Waals surface area contributed by atoms with E-state index in [4.69, 9.17) is 0 Å². The van der Waals surface area contributed by atoms with Gasteiger partial charge in [-0.05, 0) is 38.1 Å². The minimum absolute atomic E-state index is 0. The molecule has 2 aliphatic rings. The molecule has 0 radical (unpaired) electrons. The normalized spacial score (nSPS) is 24.3. The van der Waals surface area contributed by atoms with Gasteiger partial charge in [0.15, 0.2) is 5.96 Å². The molecule has 5 heteroatoms. The van der Waals surface area contributed by atoms with Gasteiger partial charge in [0.1, 0.15) is 0 Å². The fourth-order valence-electron chi connectivity index (χ4n) is 3.31. The van der Waals surface area contributed by atoms with Crippen molar-refractivity contribution in [3.8, 4) is 0 Å². The third-order valence-electron chi connectivity index (χ3n) is 4.21. The molecule has 2 aliphatic heterocycles. The van der Waals surface area contributed by atoms with Gasteiger partial charge in [-0.2, -0.15) is 0 Å². The van der Waals surface area contributed by atoms with Gasteiger partial charge in [-0.25, -0.2) is 0 Å². The summed E-state index contributed by atoms with van der Waals surface area (Å²) in [5.41, 5.74) is 0. The number of rotatable bonds is 4. The van der Waals surface area contributed by atoms with Crippen LogP contribution in [-0.4, -0.2) is 61.6 Å². The highest BCUT2D eigenvalue weighted by Gasteiger charge is 2.25. The van der Waals surface area contributed by atoms with Crippen LogP contribution in [0.4, 0.5) is 0 Å². The molecule has 2 saturated heterocycles. The second kappa shape index (κ2) is 9.07. The number of aliphatic imine (C=N–C) groups is 1. The summed E-state index contributed by atoms with van der Waals surface area (Å²) in [6, 6.07) is 0.696. The molecule has 2 fully saturated rings. The van der Waals surface area contributed by atoms with Crippen molar-refractivity contribution in [2.75, 3.05) is 39.8 Å². The zero-order valence-electron chi connectivity index (χ0n) is 13.3. The Bertz CT molecular complexity index is 300. The lowest BCUT2D eigenvalue weighted by molar-refractivity contribution is 0.225. The monoisotopic (exact) mass is 394 g/mol. The van der Waals surface area contributed by atoms with Crippen molar-refractivity contribution < 1.29 is 0 Å². The molecule has 0 saturated carbocycles. The smallest absolute Gasteiger partial charge is 0.193 e. The average Bonchev–Trinajstić information content (AvgIpc) is 3.01. The van der Waals surface area contributed by atoms with Gasteiger partial charge < -0.3 is 10.2 Å². The summed E-state index contributed by atoms with van der Waals surface area (Å²) < 4.78 is 0. The topological polar surface area (TPSA) is 30.9 Å². The third kappa shape index (κ3) is 5.06. The highest BCUT2D eigenvalue weighted by Crippen LogP contribution is 2.18. The Kier molecular flexibility index (Phi) is 8.17. The Labute approximate surface area is 141 Å². The fourth-order valence-corrected chi connectivity index (χ4v) is 3.31. The Morgan fingerprint density at radius 1 is 1.20 bits per heavy atom. The standard InChI is InChI=1S/C15H30N4.HI/c1-13(2)12-19-10-6-7-14(19)11-17-15(16-3)18-8-4-5-9-18;/h13-14H,4-12H2,1-3H3,(H,16,17);1H/t14-;/m1./s1. The number of likely N-dealkylation sites (tertiary alicyclic amines) is 2. The Morgan fingerprint density at radius 2 is 1.90 bits per heavy atom. The summed E-state index contributed by atoms with van der Waals surface area (Å²) in [6.07, 6.45) is 5.30. The van der Waals surface area contributed by atoms with Crippen LogP contribution >= 0.6 is 24.0 Å². The molecule has 118 valence electrons. The SMILES string of the molecule is CN=C(NC[C@H]1CCCN1CC(C)C)N1CCCC1.I. The lowest BCUT2D eigenvalue weighted by atomic mass is 10.1. The maximum Gasteiger partial charge on any atom is 0.193 e. The zero-order chi connectivity index (χ0) is 13.7. The Hall–Kier alpha value is -0.0400. The van der Waals surface area contributed by atoms with E-state index in [0.29, 0.717) is 6.04 Å². The molecule has 1 atom stereocenters. The van der Waals surface area contributed by atoms with Crippen LogP contribution in [0.5, 0.6) is 0 Å². The van der Waals surface area contributed by atoms with Crippen molar-refractivity contribution in [1.82, 2.24) is 15.1 Å². The van der Waals surface area contributed by atoms with E-state index in [-0.39, 0.29) is 24.0 Å². The molecule has 2 rings (SSSR count).